The fourth-order valence-electron chi connectivity index (χ4n) is 4.11. The molecule has 1 N–H and O–H groups in total. The van der Waals surface area contributed by atoms with Crippen LogP contribution in [-0.2, 0) is 21.4 Å². The summed E-state index contributed by atoms with van der Waals surface area (Å²) < 4.78 is 26.1. The molecule has 0 aromatic heterocycles. The smallest absolute Gasteiger partial charge is 0.241 e. The highest BCUT2D eigenvalue weighted by atomic mass is 32.2. The molecule has 1 heterocycles. The number of aryl methyl sites for hydroxylation is 3. The van der Waals surface area contributed by atoms with Crippen molar-refractivity contribution in [3.05, 3.63) is 58.7 Å². The third-order valence-electron chi connectivity index (χ3n) is 5.47. The van der Waals surface area contributed by atoms with Gasteiger partial charge in [0.25, 0.3) is 0 Å². The van der Waals surface area contributed by atoms with E-state index in [1.54, 1.807) is 0 Å². The minimum Gasteiger partial charge on any atom is -0.372 e. The Labute approximate surface area is 179 Å². The van der Waals surface area contributed by atoms with E-state index in [1.165, 1.54) is 22.8 Å². The van der Waals surface area contributed by atoms with Crippen molar-refractivity contribution in [3.63, 3.8) is 0 Å². The van der Waals surface area contributed by atoms with Gasteiger partial charge < -0.3 is 10.2 Å². The SMILES string of the molecule is Cc1cc(C)c(N(CC(=O)NCc2ccc(N3CCCC3)cc2)S(C)(=O)=O)c(C)c1. The summed E-state index contributed by atoms with van der Waals surface area (Å²) in [5.41, 5.74) is 5.50. The number of nitrogens with zero attached hydrogens (tertiary/aromatic N) is 2. The zero-order valence-electron chi connectivity index (χ0n) is 18.2. The Morgan fingerprint density at radius 2 is 1.60 bits per heavy atom. The maximum atomic E-state index is 12.6. The minimum absolute atomic E-state index is 0.241. The van der Waals surface area contributed by atoms with Crippen LogP contribution >= 0.6 is 0 Å². The largest absolute Gasteiger partial charge is 0.372 e. The average Bonchev–Trinajstić information content (AvgIpc) is 3.19. The number of carbonyl (C=O) groups is 1. The van der Waals surface area contributed by atoms with Crippen LogP contribution in [0.2, 0.25) is 0 Å². The monoisotopic (exact) mass is 429 g/mol. The van der Waals surface area contributed by atoms with E-state index in [9.17, 15) is 13.2 Å². The first-order valence-corrected chi connectivity index (χ1v) is 12.2. The van der Waals surface area contributed by atoms with Gasteiger partial charge in [0.05, 0.1) is 11.9 Å². The highest BCUT2D eigenvalue weighted by molar-refractivity contribution is 7.92. The zero-order chi connectivity index (χ0) is 21.9. The van der Waals surface area contributed by atoms with Crippen LogP contribution in [0, 0.1) is 20.8 Å². The van der Waals surface area contributed by atoms with Crippen molar-refractivity contribution >= 4 is 27.3 Å². The number of rotatable bonds is 7. The van der Waals surface area contributed by atoms with Crippen LogP contribution < -0.4 is 14.5 Å². The van der Waals surface area contributed by atoms with Crippen LogP contribution in [0.4, 0.5) is 11.4 Å². The first-order chi connectivity index (χ1) is 14.1. The summed E-state index contributed by atoms with van der Waals surface area (Å²) in [4.78, 5) is 14.9. The Balaban J connectivity index is 1.67. The van der Waals surface area contributed by atoms with Crippen LogP contribution in [-0.4, -0.2) is 40.2 Å². The molecule has 3 rings (SSSR count). The molecule has 0 bridgehead atoms. The van der Waals surface area contributed by atoms with E-state index in [-0.39, 0.29) is 12.5 Å². The summed E-state index contributed by atoms with van der Waals surface area (Å²) in [6.45, 7) is 8.01. The number of benzene rings is 2. The normalized spacial score (nSPS) is 14.1. The second-order valence-corrected chi connectivity index (χ2v) is 10.1. The van der Waals surface area contributed by atoms with Crippen LogP contribution in [0.1, 0.15) is 35.1 Å². The topological polar surface area (TPSA) is 69.7 Å². The van der Waals surface area contributed by atoms with E-state index in [1.807, 2.05) is 45.0 Å². The molecule has 1 fully saturated rings. The fourth-order valence-corrected chi connectivity index (χ4v) is 5.09. The van der Waals surface area contributed by atoms with Crippen molar-refractivity contribution in [1.29, 1.82) is 0 Å². The lowest BCUT2D eigenvalue weighted by molar-refractivity contribution is -0.119. The lowest BCUT2D eigenvalue weighted by Crippen LogP contribution is -2.40. The van der Waals surface area contributed by atoms with E-state index in [0.717, 1.165) is 41.6 Å². The fraction of sp³-hybridized carbons (Fsp3) is 0.435. The van der Waals surface area contributed by atoms with Gasteiger partial charge in [0.2, 0.25) is 15.9 Å². The summed E-state index contributed by atoms with van der Waals surface area (Å²) in [6, 6.07) is 12.0. The Kier molecular flexibility index (Phi) is 6.71. The van der Waals surface area contributed by atoms with Gasteiger partial charge in [0.15, 0.2) is 0 Å². The van der Waals surface area contributed by atoms with Gasteiger partial charge in [-0.15, -0.1) is 0 Å². The molecule has 1 aliphatic rings. The zero-order valence-corrected chi connectivity index (χ0v) is 19.1. The number of hydrogen-bond acceptors (Lipinski definition) is 4. The molecule has 0 aliphatic carbocycles. The molecule has 6 nitrogen and oxygen atoms in total. The summed E-state index contributed by atoms with van der Waals surface area (Å²) in [5, 5.41) is 2.85. The Morgan fingerprint density at radius 3 is 2.13 bits per heavy atom. The molecule has 2 aromatic rings. The molecule has 2 aromatic carbocycles. The summed E-state index contributed by atoms with van der Waals surface area (Å²) in [5.74, 6) is -0.330. The summed E-state index contributed by atoms with van der Waals surface area (Å²) >= 11 is 0. The third-order valence-corrected chi connectivity index (χ3v) is 6.58. The molecule has 1 amide bonds. The van der Waals surface area contributed by atoms with E-state index >= 15 is 0 Å². The summed E-state index contributed by atoms with van der Waals surface area (Å²) in [6.07, 6.45) is 3.60. The molecule has 7 heteroatoms. The lowest BCUT2D eigenvalue weighted by Gasteiger charge is -2.26. The predicted octanol–water partition coefficient (Wildman–Crippen LogP) is 3.29. The maximum absolute atomic E-state index is 12.6. The molecule has 0 saturated carbocycles. The Bertz CT molecular complexity index is 987. The third kappa shape index (κ3) is 5.33. The van der Waals surface area contributed by atoms with E-state index < -0.39 is 10.0 Å². The number of amides is 1. The molecular formula is C23H31N3O3S. The molecule has 0 spiro atoms. The van der Waals surface area contributed by atoms with Gasteiger partial charge in [0, 0.05) is 25.3 Å². The molecule has 0 radical (unpaired) electrons. The summed E-state index contributed by atoms with van der Waals surface area (Å²) in [7, 11) is -3.60. The van der Waals surface area contributed by atoms with Gasteiger partial charge in [0.1, 0.15) is 6.54 Å². The van der Waals surface area contributed by atoms with Crippen molar-refractivity contribution in [2.75, 3.05) is 35.1 Å². The van der Waals surface area contributed by atoms with Gasteiger partial charge in [-0.1, -0.05) is 29.8 Å². The van der Waals surface area contributed by atoms with Crippen LogP contribution in [0.5, 0.6) is 0 Å². The standard InChI is InChI=1S/C23H31N3O3S/c1-17-13-18(2)23(19(3)14-17)26(30(4,28)29)16-22(27)24-15-20-7-9-21(10-8-20)25-11-5-6-12-25/h7-10,13-14H,5-6,11-12,15-16H2,1-4H3,(H,24,27). The van der Waals surface area contributed by atoms with Gasteiger partial charge in [-0.05, 0) is 62.4 Å². The van der Waals surface area contributed by atoms with Crippen LogP contribution in [0.15, 0.2) is 36.4 Å². The number of sulfonamides is 1. The number of hydrogen-bond donors (Lipinski definition) is 1. The molecule has 30 heavy (non-hydrogen) atoms. The molecule has 1 saturated heterocycles. The number of anilines is 2. The second kappa shape index (κ2) is 9.08. The number of nitrogens with one attached hydrogen (secondary N) is 1. The van der Waals surface area contributed by atoms with Crippen molar-refractivity contribution in [3.8, 4) is 0 Å². The van der Waals surface area contributed by atoms with Crippen molar-refractivity contribution in [2.24, 2.45) is 0 Å². The molecule has 0 atom stereocenters. The van der Waals surface area contributed by atoms with Crippen molar-refractivity contribution < 1.29 is 13.2 Å². The van der Waals surface area contributed by atoms with Crippen molar-refractivity contribution in [2.45, 2.75) is 40.2 Å². The number of carbonyl (C=O) groups excluding carboxylic acids is 1. The van der Waals surface area contributed by atoms with Crippen LogP contribution in [0.3, 0.4) is 0 Å². The quantitative estimate of drug-likeness (QED) is 0.733. The van der Waals surface area contributed by atoms with Gasteiger partial charge >= 0.3 is 0 Å². The van der Waals surface area contributed by atoms with Crippen LogP contribution in [0.25, 0.3) is 0 Å². The maximum Gasteiger partial charge on any atom is 0.241 e. The average molecular weight is 430 g/mol. The van der Waals surface area contributed by atoms with Gasteiger partial charge in [-0.2, -0.15) is 0 Å². The van der Waals surface area contributed by atoms with Gasteiger partial charge in [-0.25, -0.2) is 8.42 Å². The Hall–Kier alpha value is -2.54. The molecule has 1 aliphatic heterocycles. The highest BCUT2D eigenvalue weighted by Crippen LogP contribution is 2.28. The Morgan fingerprint density at radius 1 is 1.03 bits per heavy atom. The van der Waals surface area contributed by atoms with E-state index in [4.69, 9.17) is 0 Å². The molecular weight excluding hydrogens is 398 g/mol. The van der Waals surface area contributed by atoms with E-state index in [0.29, 0.717) is 12.2 Å². The predicted molar refractivity (Wildman–Crippen MR) is 123 cm³/mol. The highest BCUT2D eigenvalue weighted by Gasteiger charge is 2.24. The van der Waals surface area contributed by atoms with Gasteiger partial charge in [-0.3, -0.25) is 9.10 Å². The van der Waals surface area contributed by atoms with Crippen molar-refractivity contribution in [1.82, 2.24) is 5.32 Å². The first-order valence-electron chi connectivity index (χ1n) is 10.3. The second-order valence-electron chi connectivity index (χ2n) is 8.15. The lowest BCUT2D eigenvalue weighted by atomic mass is 10.1. The first kappa shape index (κ1) is 22.2. The molecule has 0 unspecified atom stereocenters. The van der Waals surface area contributed by atoms with E-state index in [2.05, 4.69) is 22.3 Å². The molecule has 162 valence electrons. The minimum atomic E-state index is -3.60.